The van der Waals surface area contributed by atoms with E-state index in [-0.39, 0.29) is 23.0 Å². The maximum atomic E-state index is 12.2. The van der Waals surface area contributed by atoms with E-state index < -0.39 is 10.8 Å². The highest BCUT2D eigenvalue weighted by atomic mass is 16.6. The zero-order valence-electron chi connectivity index (χ0n) is 13.7. The van der Waals surface area contributed by atoms with E-state index in [1.54, 1.807) is 6.92 Å². The highest BCUT2D eigenvalue weighted by Gasteiger charge is 2.25. The molecule has 2 N–H and O–H groups in total. The molecule has 9 nitrogen and oxygen atoms in total. The van der Waals surface area contributed by atoms with Crippen LogP contribution in [0.2, 0.25) is 0 Å². The molecule has 2 rings (SSSR count). The number of carbonyl (C=O) groups is 1. The standard InChI is InChI=1S/C14H20N6O3/c1-8(10-7-19(14(3,4)5)18-9(10)2)16-13(21)12-11(20(22)23)6-15-17-12/h6-8H,1-5H3,(H,15,17)(H,16,21). The molecule has 0 fully saturated rings. The molecule has 2 aromatic heterocycles. The molecule has 0 saturated heterocycles. The molecule has 23 heavy (non-hydrogen) atoms. The van der Waals surface area contributed by atoms with Crippen molar-refractivity contribution < 1.29 is 9.72 Å². The van der Waals surface area contributed by atoms with Crippen LogP contribution in [-0.4, -0.2) is 30.8 Å². The highest BCUT2D eigenvalue weighted by Crippen LogP contribution is 2.22. The molecule has 0 aromatic carbocycles. The molecule has 2 aromatic rings. The average Bonchev–Trinajstić information content (AvgIpc) is 3.03. The summed E-state index contributed by atoms with van der Waals surface area (Å²) in [5, 5.41) is 24.0. The lowest BCUT2D eigenvalue weighted by Gasteiger charge is -2.19. The Labute approximate surface area is 133 Å². The van der Waals surface area contributed by atoms with Crippen molar-refractivity contribution in [1.82, 2.24) is 25.3 Å². The Morgan fingerprint density at radius 2 is 2.13 bits per heavy atom. The summed E-state index contributed by atoms with van der Waals surface area (Å²) in [5.41, 5.74) is 0.969. The molecular formula is C14H20N6O3. The van der Waals surface area contributed by atoms with Crippen molar-refractivity contribution in [3.8, 4) is 0 Å². The summed E-state index contributed by atoms with van der Waals surface area (Å²) in [6.07, 6.45) is 2.89. The molecule has 0 spiro atoms. The first-order valence-electron chi connectivity index (χ1n) is 7.16. The number of hydrogen-bond donors (Lipinski definition) is 2. The van der Waals surface area contributed by atoms with Gasteiger partial charge in [0, 0.05) is 11.8 Å². The summed E-state index contributed by atoms with van der Waals surface area (Å²) in [7, 11) is 0. The Hall–Kier alpha value is -2.71. The Morgan fingerprint density at radius 1 is 1.48 bits per heavy atom. The van der Waals surface area contributed by atoms with Gasteiger partial charge in [-0.2, -0.15) is 10.2 Å². The number of nitrogens with one attached hydrogen (secondary N) is 2. The number of H-pyrrole nitrogens is 1. The van der Waals surface area contributed by atoms with E-state index in [0.717, 1.165) is 17.5 Å². The molecule has 2 heterocycles. The number of rotatable bonds is 4. The Bertz CT molecular complexity index is 740. The fourth-order valence-corrected chi connectivity index (χ4v) is 2.17. The predicted octanol–water partition coefficient (Wildman–Crippen LogP) is 2.07. The van der Waals surface area contributed by atoms with Crippen LogP contribution in [0.5, 0.6) is 0 Å². The fraction of sp³-hybridized carbons (Fsp3) is 0.500. The second-order valence-corrected chi connectivity index (χ2v) is 6.37. The number of aromatic amines is 1. The third-order valence-corrected chi connectivity index (χ3v) is 3.48. The first-order valence-corrected chi connectivity index (χ1v) is 7.16. The Balaban J connectivity index is 2.20. The van der Waals surface area contributed by atoms with Crippen LogP contribution in [0.1, 0.15) is 55.5 Å². The van der Waals surface area contributed by atoms with Gasteiger partial charge in [-0.15, -0.1) is 0 Å². The van der Waals surface area contributed by atoms with E-state index in [0.29, 0.717) is 0 Å². The van der Waals surface area contributed by atoms with Crippen molar-refractivity contribution >= 4 is 11.6 Å². The van der Waals surface area contributed by atoms with E-state index in [2.05, 4.69) is 20.6 Å². The van der Waals surface area contributed by atoms with Gasteiger partial charge in [-0.05, 0) is 34.6 Å². The molecule has 0 aliphatic heterocycles. The van der Waals surface area contributed by atoms with Gasteiger partial charge in [-0.1, -0.05) is 0 Å². The number of nitrogens with zero attached hydrogens (tertiary/aromatic N) is 4. The summed E-state index contributed by atoms with van der Waals surface area (Å²) in [6, 6.07) is -0.346. The van der Waals surface area contributed by atoms with Gasteiger partial charge >= 0.3 is 5.69 Å². The predicted molar refractivity (Wildman–Crippen MR) is 83.1 cm³/mol. The lowest BCUT2D eigenvalue weighted by molar-refractivity contribution is -0.385. The SMILES string of the molecule is Cc1nn(C(C)(C)C)cc1C(C)NC(=O)c1[nH]ncc1[N+](=O)[O-]. The Kier molecular flexibility index (Phi) is 4.22. The van der Waals surface area contributed by atoms with E-state index in [1.165, 1.54) is 0 Å². The number of nitro groups is 1. The maximum absolute atomic E-state index is 12.2. The van der Waals surface area contributed by atoms with Crippen molar-refractivity contribution in [2.45, 2.75) is 46.2 Å². The quantitative estimate of drug-likeness (QED) is 0.660. The molecule has 9 heteroatoms. The van der Waals surface area contributed by atoms with E-state index in [9.17, 15) is 14.9 Å². The number of hydrogen-bond acceptors (Lipinski definition) is 5. The first kappa shape index (κ1) is 16.7. The normalized spacial score (nSPS) is 12.9. The molecule has 1 atom stereocenters. The summed E-state index contributed by atoms with van der Waals surface area (Å²) >= 11 is 0. The smallest absolute Gasteiger partial charge is 0.319 e. The van der Waals surface area contributed by atoms with Crippen LogP contribution >= 0.6 is 0 Å². The molecule has 0 aliphatic carbocycles. The monoisotopic (exact) mass is 320 g/mol. The Morgan fingerprint density at radius 3 is 2.65 bits per heavy atom. The van der Waals surface area contributed by atoms with Crippen molar-refractivity contribution in [2.75, 3.05) is 0 Å². The summed E-state index contributed by atoms with van der Waals surface area (Å²) < 4.78 is 1.83. The van der Waals surface area contributed by atoms with Gasteiger partial charge in [0.15, 0.2) is 0 Å². The van der Waals surface area contributed by atoms with Gasteiger partial charge in [-0.3, -0.25) is 24.7 Å². The van der Waals surface area contributed by atoms with Crippen molar-refractivity contribution in [3.63, 3.8) is 0 Å². The van der Waals surface area contributed by atoms with Gasteiger partial charge < -0.3 is 5.32 Å². The van der Waals surface area contributed by atoms with Gasteiger partial charge in [0.1, 0.15) is 6.20 Å². The number of amides is 1. The number of carbonyl (C=O) groups excluding carboxylic acids is 1. The topological polar surface area (TPSA) is 119 Å². The molecule has 0 bridgehead atoms. The van der Waals surface area contributed by atoms with Crippen LogP contribution in [0.25, 0.3) is 0 Å². The number of aromatic nitrogens is 4. The first-order chi connectivity index (χ1) is 10.6. The van der Waals surface area contributed by atoms with E-state index in [1.807, 2.05) is 38.6 Å². The lowest BCUT2D eigenvalue weighted by atomic mass is 10.1. The van der Waals surface area contributed by atoms with Crippen LogP contribution in [0.3, 0.4) is 0 Å². The third-order valence-electron chi connectivity index (χ3n) is 3.48. The second-order valence-electron chi connectivity index (χ2n) is 6.37. The summed E-state index contributed by atoms with van der Waals surface area (Å²) in [5.74, 6) is -0.579. The summed E-state index contributed by atoms with van der Waals surface area (Å²) in [6.45, 7) is 9.75. The van der Waals surface area contributed by atoms with Gasteiger partial charge in [0.25, 0.3) is 5.91 Å². The molecular weight excluding hydrogens is 300 g/mol. The largest absolute Gasteiger partial charge is 0.344 e. The van der Waals surface area contributed by atoms with Crippen LogP contribution in [0, 0.1) is 17.0 Å². The van der Waals surface area contributed by atoms with Crippen LogP contribution < -0.4 is 5.32 Å². The molecule has 0 aliphatic rings. The summed E-state index contributed by atoms with van der Waals surface area (Å²) in [4.78, 5) is 22.4. The maximum Gasteiger partial charge on any atom is 0.319 e. The van der Waals surface area contributed by atoms with Crippen molar-refractivity contribution in [1.29, 1.82) is 0 Å². The minimum absolute atomic E-state index is 0.164. The van der Waals surface area contributed by atoms with Gasteiger partial charge in [0.2, 0.25) is 5.69 Å². The minimum atomic E-state index is -0.647. The van der Waals surface area contributed by atoms with Gasteiger partial charge in [-0.25, -0.2) is 0 Å². The van der Waals surface area contributed by atoms with Crippen LogP contribution in [-0.2, 0) is 5.54 Å². The average molecular weight is 320 g/mol. The molecule has 0 saturated carbocycles. The fourth-order valence-electron chi connectivity index (χ4n) is 2.17. The minimum Gasteiger partial charge on any atom is -0.344 e. The van der Waals surface area contributed by atoms with Crippen molar-refractivity contribution in [2.24, 2.45) is 0 Å². The second kappa shape index (κ2) is 5.82. The zero-order chi connectivity index (χ0) is 17.4. The van der Waals surface area contributed by atoms with Crippen molar-refractivity contribution in [3.05, 3.63) is 39.5 Å². The van der Waals surface area contributed by atoms with Crippen LogP contribution in [0.4, 0.5) is 5.69 Å². The third kappa shape index (κ3) is 3.38. The number of aryl methyl sites for hydroxylation is 1. The van der Waals surface area contributed by atoms with E-state index >= 15 is 0 Å². The van der Waals surface area contributed by atoms with Crippen LogP contribution in [0.15, 0.2) is 12.4 Å². The molecule has 124 valence electrons. The molecule has 0 radical (unpaired) electrons. The lowest BCUT2D eigenvalue weighted by Crippen LogP contribution is -2.28. The van der Waals surface area contributed by atoms with E-state index in [4.69, 9.17) is 0 Å². The molecule has 1 amide bonds. The molecule has 1 unspecified atom stereocenters. The van der Waals surface area contributed by atoms with Gasteiger partial charge in [0.05, 0.1) is 22.2 Å². The zero-order valence-corrected chi connectivity index (χ0v) is 13.7. The highest BCUT2D eigenvalue weighted by molar-refractivity contribution is 5.96.